The third kappa shape index (κ3) is 4.24. The molecule has 0 aromatic carbocycles. The van der Waals surface area contributed by atoms with Crippen molar-refractivity contribution in [3.63, 3.8) is 0 Å². The van der Waals surface area contributed by atoms with Crippen molar-refractivity contribution in [2.24, 2.45) is 0 Å². The van der Waals surface area contributed by atoms with Crippen molar-refractivity contribution < 1.29 is 9.84 Å². The number of morpholine rings is 1. The SMILES string of the molecule is CN1CCN([C@@H]2CN(CC(C)(C)N3CCOCC3)C[C@H]2O)CC1. The Balaban J connectivity index is 1.53. The van der Waals surface area contributed by atoms with Crippen molar-refractivity contribution in [1.82, 2.24) is 19.6 Å². The first kappa shape index (κ1) is 17.6. The first-order valence-electron chi connectivity index (χ1n) is 9.11. The average molecular weight is 326 g/mol. The second-order valence-corrected chi connectivity index (χ2v) is 8.08. The van der Waals surface area contributed by atoms with Gasteiger partial charge >= 0.3 is 0 Å². The second-order valence-electron chi connectivity index (χ2n) is 8.08. The Labute approximate surface area is 141 Å². The van der Waals surface area contributed by atoms with Crippen molar-refractivity contribution in [3.05, 3.63) is 0 Å². The first-order chi connectivity index (χ1) is 11.0. The highest BCUT2D eigenvalue weighted by molar-refractivity contribution is 4.96. The molecule has 23 heavy (non-hydrogen) atoms. The first-order valence-corrected chi connectivity index (χ1v) is 9.11. The van der Waals surface area contributed by atoms with Crippen LogP contribution in [0.15, 0.2) is 0 Å². The van der Waals surface area contributed by atoms with E-state index in [-0.39, 0.29) is 11.6 Å². The van der Waals surface area contributed by atoms with Crippen molar-refractivity contribution in [1.29, 1.82) is 0 Å². The average Bonchev–Trinajstić information content (AvgIpc) is 2.89. The summed E-state index contributed by atoms with van der Waals surface area (Å²) in [4.78, 5) is 9.86. The molecule has 0 bridgehead atoms. The molecule has 0 spiro atoms. The van der Waals surface area contributed by atoms with Crippen molar-refractivity contribution >= 4 is 0 Å². The Kier molecular flexibility index (Phi) is 5.61. The van der Waals surface area contributed by atoms with E-state index < -0.39 is 0 Å². The lowest BCUT2D eigenvalue weighted by atomic mass is 10.0. The van der Waals surface area contributed by atoms with Gasteiger partial charge in [-0.1, -0.05) is 0 Å². The number of likely N-dealkylation sites (N-methyl/N-ethyl adjacent to an activating group) is 1. The van der Waals surface area contributed by atoms with E-state index in [2.05, 4.69) is 40.5 Å². The molecule has 1 N–H and O–H groups in total. The molecule has 3 aliphatic rings. The fourth-order valence-electron chi connectivity index (χ4n) is 4.30. The number of aliphatic hydroxyl groups excluding tert-OH is 1. The van der Waals surface area contributed by atoms with Gasteiger partial charge in [-0.3, -0.25) is 14.7 Å². The highest BCUT2D eigenvalue weighted by Crippen LogP contribution is 2.23. The zero-order chi connectivity index (χ0) is 16.4. The fourth-order valence-corrected chi connectivity index (χ4v) is 4.30. The molecule has 3 fully saturated rings. The van der Waals surface area contributed by atoms with Crippen LogP contribution >= 0.6 is 0 Å². The van der Waals surface area contributed by atoms with Crippen molar-refractivity contribution in [2.45, 2.75) is 31.5 Å². The number of aliphatic hydroxyl groups is 1. The van der Waals surface area contributed by atoms with Crippen LogP contribution in [0.4, 0.5) is 0 Å². The molecule has 3 saturated heterocycles. The van der Waals surface area contributed by atoms with E-state index in [9.17, 15) is 5.11 Å². The van der Waals surface area contributed by atoms with Crippen LogP contribution < -0.4 is 0 Å². The summed E-state index contributed by atoms with van der Waals surface area (Å²) in [5.41, 5.74) is 0.139. The molecule has 0 aliphatic carbocycles. The van der Waals surface area contributed by atoms with Crippen molar-refractivity contribution in [2.75, 3.05) is 79.2 Å². The maximum absolute atomic E-state index is 10.6. The quantitative estimate of drug-likeness (QED) is 0.743. The molecule has 0 saturated carbocycles. The molecule has 6 nitrogen and oxygen atoms in total. The molecule has 0 unspecified atom stereocenters. The highest BCUT2D eigenvalue weighted by atomic mass is 16.5. The summed E-state index contributed by atoms with van der Waals surface area (Å²) >= 11 is 0. The minimum Gasteiger partial charge on any atom is -0.390 e. The fraction of sp³-hybridized carbons (Fsp3) is 1.00. The van der Waals surface area contributed by atoms with Gasteiger partial charge in [0.25, 0.3) is 0 Å². The van der Waals surface area contributed by atoms with E-state index in [0.717, 1.165) is 72.1 Å². The van der Waals surface area contributed by atoms with Gasteiger partial charge in [-0.25, -0.2) is 0 Å². The number of ether oxygens (including phenoxy) is 1. The summed E-state index contributed by atoms with van der Waals surface area (Å²) < 4.78 is 5.48. The van der Waals surface area contributed by atoms with Crippen LogP contribution in [0.25, 0.3) is 0 Å². The maximum atomic E-state index is 10.6. The van der Waals surface area contributed by atoms with Gasteiger partial charge in [-0.05, 0) is 20.9 Å². The Morgan fingerprint density at radius 3 is 2.30 bits per heavy atom. The van der Waals surface area contributed by atoms with Gasteiger partial charge in [0, 0.05) is 70.5 Å². The topological polar surface area (TPSA) is 42.4 Å². The lowest BCUT2D eigenvalue weighted by Crippen LogP contribution is -2.55. The van der Waals surface area contributed by atoms with Gasteiger partial charge in [0.2, 0.25) is 0 Å². The molecule has 0 aromatic heterocycles. The predicted octanol–water partition coefficient (Wildman–Crippen LogP) is -0.610. The molecule has 2 atom stereocenters. The van der Waals surface area contributed by atoms with Crippen LogP contribution in [0.5, 0.6) is 0 Å². The molecular weight excluding hydrogens is 292 g/mol. The summed E-state index contributed by atoms with van der Waals surface area (Å²) in [7, 11) is 2.18. The largest absolute Gasteiger partial charge is 0.390 e. The number of piperazine rings is 1. The second kappa shape index (κ2) is 7.33. The molecule has 3 rings (SSSR count). The van der Waals surface area contributed by atoms with E-state index >= 15 is 0 Å². The van der Waals surface area contributed by atoms with Crippen molar-refractivity contribution in [3.8, 4) is 0 Å². The summed E-state index contributed by atoms with van der Waals surface area (Å²) in [5, 5.41) is 10.6. The van der Waals surface area contributed by atoms with Gasteiger partial charge < -0.3 is 14.7 Å². The Bertz CT molecular complexity index is 379. The summed E-state index contributed by atoms with van der Waals surface area (Å²) in [5.74, 6) is 0. The van der Waals surface area contributed by atoms with Crippen LogP contribution in [0.2, 0.25) is 0 Å². The zero-order valence-electron chi connectivity index (χ0n) is 15.1. The number of hydrogen-bond acceptors (Lipinski definition) is 6. The molecule has 0 amide bonds. The number of nitrogens with zero attached hydrogens (tertiary/aromatic N) is 4. The van der Waals surface area contributed by atoms with Gasteiger partial charge in [0.1, 0.15) is 0 Å². The number of rotatable bonds is 4. The molecule has 0 aromatic rings. The molecule has 3 heterocycles. The van der Waals surface area contributed by atoms with Gasteiger partial charge in [-0.2, -0.15) is 0 Å². The third-order valence-corrected chi connectivity index (χ3v) is 5.82. The van der Waals surface area contributed by atoms with Crippen LogP contribution in [0, 0.1) is 0 Å². The summed E-state index contributed by atoms with van der Waals surface area (Å²) in [6.07, 6.45) is -0.209. The van der Waals surface area contributed by atoms with Crippen LogP contribution in [-0.2, 0) is 4.74 Å². The normalized spacial score (nSPS) is 33.4. The minimum absolute atomic E-state index is 0.139. The third-order valence-electron chi connectivity index (χ3n) is 5.82. The Morgan fingerprint density at radius 2 is 1.65 bits per heavy atom. The van der Waals surface area contributed by atoms with Gasteiger partial charge in [0.05, 0.1) is 19.3 Å². The Hall–Kier alpha value is -0.240. The smallest absolute Gasteiger partial charge is 0.0834 e. The number of β-amino-alcohol motifs (C(OH)–C–C–N with tert-alkyl or cyclic N) is 1. The lowest BCUT2D eigenvalue weighted by molar-refractivity contribution is -0.0206. The number of hydrogen-bond donors (Lipinski definition) is 1. The summed E-state index contributed by atoms with van der Waals surface area (Å²) in [6, 6.07) is 0.309. The monoisotopic (exact) mass is 326 g/mol. The molecule has 6 heteroatoms. The zero-order valence-corrected chi connectivity index (χ0v) is 15.1. The van der Waals surface area contributed by atoms with E-state index in [1.165, 1.54) is 0 Å². The standard InChI is InChI=1S/C17H34N4O2/c1-17(2,21-8-10-23-11-9-21)14-19-12-15(16(22)13-19)20-6-4-18(3)5-7-20/h15-16,22H,4-14H2,1-3H3/t15-,16-/m1/s1. The van der Waals surface area contributed by atoms with Crippen LogP contribution in [-0.4, -0.2) is 122 Å². The lowest BCUT2D eigenvalue weighted by Gasteiger charge is -2.43. The number of likely N-dealkylation sites (tertiary alicyclic amines) is 1. The maximum Gasteiger partial charge on any atom is 0.0834 e. The van der Waals surface area contributed by atoms with E-state index in [4.69, 9.17) is 4.74 Å². The van der Waals surface area contributed by atoms with E-state index in [1.807, 2.05) is 0 Å². The molecular formula is C17H34N4O2. The van der Waals surface area contributed by atoms with Gasteiger partial charge in [0.15, 0.2) is 0 Å². The minimum atomic E-state index is -0.209. The molecule has 3 aliphatic heterocycles. The Morgan fingerprint density at radius 1 is 1.00 bits per heavy atom. The molecule has 0 radical (unpaired) electrons. The van der Waals surface area contributed by atoms with Crippen LogP contribution in [0.3, 0.4) is 0 Å². The van der Waals surface area contributed by atoms with Crippen LogP contribution in [0.1, 0.15) is 13.8 Å². The highest BCUT2D eigenvalue weighted by Gasteiger charge is 2.39. The van der Waals surface area contributed by atoms with E-state index in [1.54, 1.807) is 0 Å². The molecule has 134 valence electrons. The predicted molar refractivity (Wildman–Crippen MR) is 91.8 cm³/mol. The summed E-state index contributed by atoms with van der Waals surface area (Å²) in [6.45, 7) is 15.6. The van der Waals surface area contributed by atoms with E-state index in [0.29, 0.717) is 6.04 Å². The van der Waals surface area contributed by atoms with Gasteiger partial charge in [-0.15, -0.1) is 0 Å².